The summed E-state index contributed by atoms with van der Waals surface area (Å²) in [5, 5.41) is 5.32. The number of amides is 1. The van der Waals surface area contributed by atoms with Crippen LogP contribution in [0, 0.1) is 17.8 Å². The zero-order chi connectivity index (χ0) is 17.2. The molecule has 2 aliphatic carbocycles. The number of benzene rings is 1. The Bertz CT molecular complexity index is 714. The van der Waals surface area contributed by atoms with Crippen molar-refractivity contribution in [1.29, 1.82) is 0 Å². The lowest BCUT2D eigenvalue weighted by Crippen LogP contribution is -2.40. The number of nitrogens with one attached hydrogen (secondary N) is 1. The minimum atomic E-state index is 0.0614. The first-order valence-corrected chi connectivity index (χ1v) is 11.0. The lowest BCUT2D eigenvalue weighted by Gasteiger charge is -2.28. The van der Waals surface area contributed by atoms with Crippen molar-refractivity contribution >= 4 is 29.0 Å². The van der Waals surface area contributed by atoms with Crippen molar-refractivity contribution in [3.63, 3.8) is 0 Å². The molecule has 0 radical (unpaired) electrons. The Balaban J connectivity index is 1.31. The van der Waals surface area contributed by atoms with Crippen molar-refractivity contribution in [3.05, 3.63) is 46.4 Å². The number of thiazole rings is 1. The van der Waals surface area contributed by atoms with E-state index in [-0.39, 0.29) is 11.9 Å². The summed E-state index contributed by atoms with van der Waals surface area (Å²) >= 11 is 3.38. The molecule has 2 bridgehead atoms. The van der Waals surface area contributed by atoms with Gasteiger partial charge in [-0.1, -0.05) is 6.42 Å². The van der Waals surface area contributed by atoms with E-state index in [1.54, 1.807) is 23.1 Å². The molecule has 1 N–H and O–H groups in total. The third-order valence-corrected chi connectivity index (χ3v) is 7.46. The van der Waals surface area contributed by atoms with Gasteiger partial charge in [-0.15, -0.1) is 23.1 Å². The van der Waals surface area contributed by atoms with Crippen LogP contribution >= 0.6 is 23.1 Å². The van der Waals surface area contributed by atoms with Gasteiger partial charge in [0.1, 0.15) is 0 Å². The first-order valence-electron chi connectivity index (χ1n) is 9.10. The largest absolute Gasteiger partial charge is 0.349 e. The van der Waals surface area contributed by atoms with Crippen LogP contribution in [0.5, 0.6) is 0 Å². The molecule has 2 saturated carbocycles. The summed E-state index contributed by atoms with van der Waals surface area (Å²) < 4.78 is 0. The van der Waals surface area contributed by atoms with Gasteiger partial charge in [-0.05, 0) is 68.2 Å². The van der Waals surface area contributed by atoms with Crippen LogP contribution in [0.4, 0.5) is 0 Å². The summed E-state index contributed by atoms with van der Waals surface area (Å²) in [4.78, 5) is 18.0. The average Bonchev–Trinajstić information content (AvgIpc) is 3.38. The van der Waals surface area contributed by atoms with Crippen LogP contribution in [0.15, 0.2) is 40.1 Å². The molecule has 0 unspecified atom stereocenters. The number of aromatic nitrogens is 1. The second-order valence-corrected chi connectivity index (χ2v) is 9.16. The predicted octanol–water partition coefficient (Wildman–Crippen LogP) is 4.99. The van der Waals surface area contributed by atoms with E-state index < -0.39 is 0 Å². The number of carbonyl (C=O) groups excluding carboxylic acids is 1. The standard InChI is InChI=1S/C20H24N2OS2/c1-13(19-9-14-2-3-16(19)8-14)22-20(23)15-4-6-18(7-5-15)25-11-17-10-24-12-21-17/h4-7,10,12-14,16,19H,2-3,8-9,11H2,1H3,(H,22,23)/t13-,14-,16-,19-/m0/s1. The second kappa shape index (κ2) is 7.50. The van der Waals surface area contributed by atoms with Gasteiger partial charge in [0.2, 0.25) is 0 Å². The van der Waals surface area contributed by atoms with Crippen LogP contribution in [-0.2, 0) is 5.75 Å². The van der Waals surface area contributed by atoms with Gasteiger partial charge >= 0.3 is 0 Å². The van der Waals surface area contributed by atoms with E-state index in [2.05, 4.69) is 22.6 Å². The Kier molecular flexibility index (Phi) is 5.13. The van der Waals surface area contributed by atoms with E-state index in [9.17, 15) is 4.79 Å². The van der Waals surface area contributed by atoms with Crippen LogP contribution in [0.1, 0.15) is 48.7 Å². The number of thioether (sulfide) groups is 1. The highest BCUT2D eigenvalue weighted by atomic mass is 32.2. The van der Waals surface area contributed by atoms with E-state index >= 15 is 0 Å². The number of carbonyl (C=O) groups is 1. The molecule has 25 heavy (non-hydrogen) atoms. The highest BCUT2D eigenvalue weighted by Gasteiger charge is 2.42. The topological polar surface area (TPSA) is 42.0 Å². The molecule has 4 rings (SSSR count). The van der Waals surface area contributed by atoms with Crippen molar-refractivity contribution in [1.82, 2.24) is 10.3 Å². The smallest absolute Gasteiger partial charge is 0.251 e. The van der Waals surface area contributed by atoms with Gasteiger partial charge in [-0.2, -0.15) is 0 Å². The van der Waals surface area contributed by atoms with Gasteiger partial charge in [0, 0.05) is 27.6 Å². The average molecular weight is 373 g/mol. The van der Waals surface area contributed by atoms with Crippen LogP contribution < -0.4 is 5.32 Å². The lowest BCUT2D eigenvalue weighted by molar-refractivity contribution is 0.0915. The molecule has 4 atom stereocenters. The molecule has 2 fully saturated rings. The summed E-state index contributed by atoms with van der Waals surface area (Å²) in [7, 11) is 0. The first kappa shape index (κ1) is 17.1. The molecule has 1 aromatic carbocycles. The second-order valence-electron chi connectivity index (χ2n) is 7.39. The summed E-state index contributed by atoms with van der Waals surface area (Å²) in [5.74, 6) is 3.37. The first-order chi connectivity index (χ1) is 12.2. The maximum atomic E-state index is 12.5. The number of hydrogen-bond donors (Lipinski definition) is 1. The molecule has 0 saturated heterocycles. The van der Waals surface area contributed by atoms with E-state index in [0.29, 0.717) is 5.92 Å². The Morgan fingerprint density at radius 3 is 2.80 bits per heavy atom. The van der Waals surface area contributed by atoms with Gasteiger partial charge in [-0.3, -0.25) is 4.79 Å². The van der Waals surface area contributed by atoms with Crippen molar-refractivity contribution in [2.75, 3.05) is 0 Å². The number of fused-ring (bicyclic) bond motifs is 2. The molecule has 1 amide bonds. The highest BCUT2D eigenvalue weighted by Crippen LogP contribution is 2.49. The SMILES string of the molecule is C[C@H](NC(=O)c1ccc(SCc2cscn2)cc1)[C@@H]1C[C@H]2CC[C@H]1C2. The lowest BCUT2D eigenvalue weighted by atomic mass is 9.84. The fourth-order valence-electron chi connectivity index (χ4n) is 4.47. The van der Waals surface area contributed by atoms with Crippen molar-refractivity contribution < 1.29 is 4.79 Å². The van der Waals surface area contributed by atoms with Gasteiger partial charge in [-0.25, -0.2) is 4.98 Å². The maximum absolute atomic E-state index is 12.5. The fraction of sp³-hybridized carbons (Fsp3) is 0.500. The van der Waals surface area contributed by atoms with Crippen LogP contribution in [0.3, 0.4) is 0 Å². The van der Waals surface area contributed by atoms with E-state index in [4.69, 9.17) is 0 Å². The minimum Gasteiger partial charge on any atom is -0.349 e. The Labute approximate surface area is 157 Å². The third-order valence-electron chi connectivity index (χ3n) is 5.78. The van der Waals surface area contributed by atoms with Crippen LogP contribution in [-0.4, -0.2) is 16.9 Å². The normalized spacial score (nSPS) is 25.9. The predicted molar refractivity (Wildman–Crippen MR) is 104 cm³/mol. The highest BCUT2D eigenvalue weighted by molar-refractivity contribution is 7.98. The fourth-order valence-corrected chi connectivity index (χ4v) is 5.94. The van der Waals surface area contributed by atoms with Gasteiger partial charge in [0.05, 0.1) is 11.2 Å². The molecule has 3 nitrogen and oxygen atoms in total. The summed E-state index contributed by atoms with van der Waals surface area (Å²) in [6.07, 6.45) is 5.45. The third kappa shape index (κ3) is 3.93. The minimum absolute atomic E-state index is 0.0614. The van der Waals surface area contributed by atoms with Crippen LogP contribution in [0.25, 0.3) is 0 Å². The Morgan fingerprint density at radius 2 is 2.16 bits per heavy atom. The van der Waals surface area contributed by atoms with Gasteiger partial charge in [0.25, 0.3) is 5.91 Å². The van der Waals surface area contributed by atoms with Gasteiger partial charge in [0.15, 0.2) is 0 Å². The zero-order valence-corrected chi connectivity index (χ0v) is 16.1. The number of hydrogen-bond acceptors (Lipinski definition) is 4. The molecule has 132 valence electrons. The molecular formula is C20H24N2OS2. The molecule has 5 heteroatoms. The quantitative estimate of drug-likeness (QED) is 0.726. The van der Waals surface area contributed by atoms with E-state index in [0.717, 1.165) is 28.8 Å². The molecule has 2 aliphatic rings. The van der Waals surface area contributed by atoms with E-state index in [1.807, 2.05) is 29.8 Å². The molecule has 0 spiro atoms. The van der Waals surface area contributed by atoms with Gasteiger partial charge < -0.3 is 5.32 Å². The van der Waals surface area contributed by atoms with E-state index in [1.165, 1.54) is 30.6 Å². The number of rotatable bonds is 6. The molecule has 1 heterocycles. The monoisotopic (exact) mass is 372 g/mol. The van der Waals surface area contributed by atoms with Crippen LogP contribution in [0.2, 0.25) is 0 Å². The summed E-state index contributed by atoms with van der Waals surface area (Å²) in [6.45, 7) is 2.18. The molecule has 2 aromatic rings. The zero-order valence-electron chi connectivity index (χ0n) is 14.5. The molecule has 1 aromatic heterocycles. The van der Waals surface area contributed by atoms with Crippen molar-refractivity contribution in [2.45, 2.75) is 49.3 Å². The van der Waals surface area contributed by atoms with Crippen molar-refractivity contribution in [2.24, 2.45) is 17.8 Å². The molecule has 0 aliphatic heterocycles. The summed E-state index contributed by atoms with van der Waals surface area (Å²) in [6, 6.07) is 8.22. The molecular weight excluding hydrogens is 348 g/mol. The number of nitrogens with zero attached hydrogens (tertiary/aromatic N) is 1. The maximum Gasteiger partial charge on any atom is 0.251 e. The Morgan fingerprint density at radius 1 is 1.32 bits per heavy atom. The van der Waals surface area contributed by atoms with Crippen molar-refractivity contribution in [3.8, 4) is 0 Å². The summed E-state index contributed by atoms with van der Waals surface area (Å²) in [5.41, 5.74) is 3.73. The Hall–Kier alpha value is -1.33.